The van der Waals surface area contributed by atoms with Crippen molar-refractivity contribution in [3.63, 3.8) is 0 Å². The van der Waals surface area contributed by atoms with Crippen molar-refractivity contribution in [1.82, 2.24) is 24.1 Å². The van der Waals surface area contributed by atoms with Crippen LogP contribution in [0.1, 0.15) is 0 Å². The van der Waals surface area contributed by atoms with Gasteiger partial charge in [0.15, 0.2) is 11.6 Å². The third-order valence-electron chi connectivity index (χ3n) is 13.2. The van der Waals surface area contributed by atoms with Crippen LogP contribution < -0.4 is 0 Å². The van der Waals surface area contributed by atoms with Gasteiger partial charge in [-0.15, -0.1) is 0 Å². The lowest BCUT2D eigenvalue weighted by molar-refractivity contribution is 0.954. The Bertz CT molecular complexity index is 3990. The molecule has 0 aliphatic carbocycles. The summed E-state index contributed by atoms with van der Waals surface area (Å²) in [6, 6.07) is 88.4. The molecule has 10 aromatic carbocycles. The minimum atomic E-state index is 0.562. The zero-order valence-corrected chi connectivity index (χ0v) is 36.9. The molecule has 3 heterocycles. The van der Waals surface area contributed by atoms with Gasteiger partial charge in [0, 0.05) is 38.2 Å². The van der Waals surface area contributed by atoms with E-state index in [9.17, 15) is 0 Å². The Labute approximate surface area is 393 Å². The molecule has 318 valence electrons. The number of nitrogens with zero attached hydrogens (tertiary/aromatic N) is 5. The van der Waals surface area contributed by atoms with E-state index in [2.05, 4.69) is 234 Å². The molecule has 3 aromatic heterocycles. The number of fused-ring (bicyclic) bond motifs is 6. The molecule has 0 aliphatic heterocycles. The standard InChI is InChI=1S/C63H41N5/c1-5-18-42(19-6-1)45-32-34-47(35-33-45)62-64-61(46-24-11-4-12-25-46)65-63(66-62)68-57-31-16-14-29-53(57)55-40-59-54(41-60(55)68)52-28-13-15-30-56(52)67(59)58-39-49(44-22-9-3-10-23-44)36-37-51(58)50-27-17-26-48(38-50)43-20-7-2-8-21-43/h1-41H. The first-order valence-electron chi connectivity index (χ1n) is 23.0. The summed E-state index contributed by atoms with van der Waals surface area (Å²) in [6.07, 6.45) is 0. The van der Waals surface area contributed by atoms with Crippen molar-refractivity contribution in [2.45, 2.75) is 0 Å². The molecule has 0 saturated carbocycles. The van der Waals surface area contributed by atoms with Gasteiger partial charge in [-0.2, -0.15) is 9.97 Å². The summed E-state index contributed by atoms with van der Waals surface area (Å²) in [6.45, 7) is 0. The van der Waals surface area contributed by atoms with Crippen LogP contribution in [-0.4, -0.2) is 24.1 Å². The number of hydrogen-bond acceptors (Lipinski definition) is 3. The Balaban J connectivity index is 1.06. The maximum atomic E-state index is 5.32. The van der Waals surface area contributed by atoms with Gasteiger partial charge in [-0.25, -0.2) is 4.98 Å². The molecule has 0 saturated heterocycles. The smallest absolute Gasteiger partial charge is 0.238 e. The Morgan fingerprint density at radius 3 is 1.22 bits per heavy atom. The molecule has 0 fully saturated rings. The van der Waals surface area contributed by atoms with Gasteiger partial charge in [-0.1, -0.05) is 212 Å². The molecular weight excluding hydrogens is 827 g/mol. The van der Waals surface area contributed by atoms with Gasteiger partial charge < -0.3 is 4.57 Å². The minimum Gasteiger partial charge on any atom is -0.309 e. The first kappa shape index (κ1) is 39.2. The normalized spacial score (nSPS) is 11.5. The molecule has 5 heteroatoms. The summed E-state index contributed by atoms with van der Waals surface area (Å²) >= 11 is 0. The highest BCUT2D eigenvalue weighted by atomic mass is 15.2. The second-order valence-electron chi connectivity index (χ2n) is 17.2. The highest BCUT2D eigenvalue weighted by Crippen LogP contribution is 2.43. The molecule has 13 aromatic rings. The molecule has 68 heavy (non-hydrogen) atoms. The van der Waals surface area contributed by atoms with Crippen LogP contribution in [0.5, 0.6) is 0 Å². The predicted octanol–water partition coefficient (Wildman–Crippen LogP) is 16.1. The van der Waals surface area contributed by atoms with Gasteiger partial charge in [-0.3, -0.25) is 4.57 Å². The lowest BCUT2D eigenvalue weighted by atomic mass is 9.95. The average molecular weight is 868 g/mol. The van der Waals surface area contributed by atoms with E-state index in [0.717, 1.165) is 88.2 Å². The van der Waals surface area contributed by atoms with Crippen molar-refractivity contribution in [2.75, 3.05) is 0 Å². The second kappa shape index (κ2) is 16.4. The highest BCUT2D eigenvalue weighted by Gasteiger charge is 2.23. The Kier molecular flexibility index (Phi) is 9.43. The van der Waals surface area contributed by atoms with E-state index < -0.39 is 0 Å². The Morgan fingerprint density at radius 1 is 0.235 bits per heavy atom. The number of rotatable bonds is 8. The van der Waals surface area contributed by atoms with E-state index in [-0.39, 0.29) is 0 Å². The second-order valence-corrected chi connectivity index (χ2v) is 17.2. The maximum Gasteiger partial charge on any atom is 0.238 e. The van der Waals surface area contributed by atoms with Gasteiger partial charge in [0.05, 0.1) is 27.8 Å². The third kappa shape index (κ3) is 6.76. The number of aromatic nitrogens is 5. The SMILES string of the molecule is c1ccc(-c2ccc(-c3nc(-c4ccccc4)nc(-n4c5ccccc5c5cc6c(cc54)c4ccccc4n6-c4cc(-c5ccccc5)ccc4-c4cccc(-c5ccccc5)c4)n3)cc2)cc1. The largest absolute Gasteiger partial charge is 0.309 e. The van der Waals surface area contributed by atoms with E-state index in [0.29, 0.717) is 17.6 Å². The van der Waals surface area contributed by atoms with E-state index in [4.69, 9.17) is 15.0 Å². The summed E-state index contributed by atoms with van der Waals surface area (Å²) in [5, 5.41) is 4.53. The van der Waals surface area contributed by atoms with Crippen LogP contribution in [0.2, 0.25) is 0 Å². The topological polar surface area (TPSA) is 48.5 Å². The lowest BCUT2D eigenvalue weighted by Gasteiger charge is -2.17. The first-order chi connectivity index (χ1) is 33.7. The molecule has 5 nitrogen and oxygen atoms in total. The van der Waals surface area contributed by atoms with Crippen molar-refractivity contribution in [1.29, 1.82) is 0 Å². The van der Waals surface area contributed by atoms with Crippen LogP contribution >= 0.6 is 0 Å². The van der Waals surface area contributed by atoms with Crippen LogP contribution in [0, 0.1) is 0 Å². The third-order valence-corrected chi connectivity index (χ3v) is 13.2. The van der Waals surface area contributed by atoms with Crippen molar-refractivity contribution in [2.24, 2.45) is 0 Å². The molecule has 0 unspecified atom stereocenters. The molecule has 0 atom stereocenters. The van der Waals surface area contributed by atoms with Crippen LogP contribution in [0.3, 0.4) is 0 Å². The number of hydrogen-bond donors (Lipinski definition) is 0. The zero-order valence-electron chi connectivity index (χ0n) is 36.9. The van der Waals surface area contributed by atoms with Crippen molar-refractivity contribution < 1.29 is 0 Å². The van der Waals surface area contributed by atoms with E-state index in [1.54, 1.807) is 0 Å². The molecule has 0 aliphatic rings. The fourth-order valence-electron chi connectivity index (χ4n) is 9.93. The zero-order chi connectivity index (χ0) is 45.0. The fraction of sp³-hybridized carbons (Fsp3) is 0. The molecule has 0 bridgehead atoms. The molecule has 13 rings (SSSR count). The quantitative estimate of drug-likeness (QED) is 0.153. The van der Waals surface area contributed by atoms with Crippen molar-refractivity contribution in [3.05, 3.63) is 249 Å². The van der Waals surface area contributed by atoms with Crippen LogP contribution in [0.15, 0.2) is 249 Å². The van der Waals surface area contributed by atoms with Crippen LogP contribution in [0.4, 0.5) is 0 Å². The highest BCUT2D eigenvalue weighted by molar-refractivity contribution is 6.19. The average Bonchev–Trinajstić information content (AvgIpc) is 3.92. The van der Waals surface area contributed by atoms with Crippen LogP contribution in [0.25, 0.3) is 123 Å². The first-order valence-corrected chi connectivity index (χ1v) is 23.0. The van der Waals surface area contributed by atoms with Gasteiger partial charge in [-0.05, 0) is 75.3 Å². The molecule has 0 radical (unpaired) electrons. The van der Waals surface area contributed by atoms with Crippen LogP contribution in [-0.2, 0) is 0 Å². The van der Waals surface area contributed by atoms with E-state index >= 15 is 0 Å². The van der Waals surface area contributed by atoms with Gasteiger partial charge >= 0.3 is 0 Å². The fourth-order valence-corrected chi connectivity index (χ4v) is 9.93. The molecule has 0 spiro atoms. The van der Waals surface area contributed by atoms with Gasteiger partial charge in [0.2, 0.25) is 5.95 Å². The minimum absolute atomic E-state index is 0.562. The maximum absolute atomic E-state index is 5.32. The van der Waals surface area contributed by atoms with Crippen molar-refractivity contribution >= 4 is 43.6 Å². The van der Waals surface area contributed by atoms with E-state index in [1.807, 2.05) is 24.3 Å². The summed E-state index contributed by atoms with van der Waals surface area (Å²) in [5.41, 5.74) is 16.5. The summed E-state index contributed by atoms with van der Waals surface area (Å²) in [5.74, 6) is 1.79. The molecular formula is C63H41N5. The monoisotopic (exact) mass is 867 g/mol. The van der Waals surface area contributed by atoms with Gasteiger partial charge in [0.25, 0.3) is 0 Å². The Morgan fingerprint density at radius 2 is 0.632 bits per heavy atom. The number of para-hydroxylation sites is 2. The number of benzene rings is 10. The summed E-state index contributed by atoms with van der Waals surface area (Å²) in [7, 11) is 0. The molecule has 0 N–H and O–H groups in total. The lowest BCUT2D eigenvalue weighted by Crippen LogP contribution is -2.06. The summed E-state index contributed by atoms with van der Waals surface area (Å²) < 4.78 is 4.70. The van der Waals surface area contributed by atoms with E-state index in [1.165, 1.54) is 16.7 Å². The van der Waals surface area contributed by atoms with Crippen molar-refractivity contribution in [3.8, 4) is 78.9 Å². The van der Waals surface area contributed by atoms with Gasteiger partial charge in [0.1, 0.15) is 0 Å². The Hall–Kier alpha value is -9.19. The molecule has 0 amide bonds. The summed E-state index contributed by atoms with van der Waals surface area (Å²) in [4.78, 5) is 15.7. The predicted molar refractivity (Wildman–Crippen MR) is 281 cm³/mol.